The van der Waals surface area contributed by atoms with Crippen molar-refractivity contribution in [2.45, 2.75) is 65.5 Å². The Hall–Kier alpha value is -1.14. The van der Waals surface area contributed by atoms with Gasteiger partial charge in [0.05, 0.1) is 25.3 Å². The lowest BCUT2D eigenvalue weighted by Crippen LogP contribution is -2.60. The number of nitrogens with two attached hydrogens (primary N) is 1. The molecule has 0 aromatic rings. The second-order valence-corrected chi connectivity index (χ2v) is 7.35. The van der Waals surface area contributed by atoms with E-state index in [2.05, 4.69) is 0 Å². The van der Waals surface area contributed by atoms with Crippen LogP contribution in [-0.4, -0.2) is 52.2 Å². The highest BCUT2D eigenvalue weighted by molar-refractivity contribution is 6.04. The van der Waals surface area contributed by atoms with Crippen LogP contribution in [0.25, 0.3) is 0 Å². The first-order valence-corrected chi connectivity index (χ1v) is 8.57. The van der Waals surface area contributed by atoms with E-state index in [-0.39, 0.29) is 31.0 Å². The van der Waals surface area contributed by atoms with Crippen molar-refractivity contribution in [3.63, 3.8) is 0 Å². The molecule has 2 atom stereocenters. The van der Waals surface area contributed by atoms with Gasteiger partial charge in [-0.3, -0.25) is 9.59 Å². The molecule has 1 aliphatic rings. The van der Waals surface area contributed by atoms with E-state index in [1.165, 1.54) is 0 Å². The van der Waals surface area contributed by atoms with Gasteiger partial charge < -0.3 is 20.8 Å². The molecule has 0 radical (unpaired) electrons. The Bertz CT molecular complexity index is 401. The zero-order valence-electron chi connectivity index (χ0n) is 14.8. The summed E-state index contributed by atoms with van der Waals surface area (Å²) in [4.78, 5) is 26.9. The zero-order valence-corrected chi connectivity index (χ0v) is 14.8. The van der Waals surface area contributed by atoms with Crippen LogP contribution in [0.2, 0.25) is 0 Å². The predicted octanol–water partition coefficient (Wildman–Crippen LogP) is 0.894. The van der Waals surface area contributed by atoms with Crippen LogP contribution < -0.4 is 5.73 Å². The lowest BCUT2D eigenvalue weighted by atomic mass is 9.81. The van der Waals surface area contributed by atoms with Crippen LogP contribution in [0.1, 0.15) is 53.4 Å². The van der Waals surface area contributed by atoms with E-state index >= 15 is 0 Å². The molecule has 1 rings (SSSR count). The van der Waals surface area contributed by atoms with Gasteiger partial charge >= 0.3 is 0 Å². The molecule has 0 aliphatic heterocycles. The molecule has 0 bridgehead atoms. The number of aliphatic hydroxyl groups is 2. The molecule has 134 valence electrons. The Balaban J connectivity index is 3.31. The van der Waals surface area contributed by atoms with Gasteiger partial charge in [-0.2, -0.15) is 0 Å². The standard InChI is InChI=1S/C17H32N2O4/c1-11(2)13(9-20)19(14(10-21)12(3)4)16(23)17(15(18)22)7-5-6-8-17/h11-14,20-21H,5-10H2,1-4H3,(H2,18,22). The first-order valence-electron chi connectivity index (χ1n) is 8.57. The lowest BCUT2D eigenvalue weighted by molar-refractivity contribution is -0.157. The van der Waals surface area contributed by atoms with Crippen molar-refractivity contribution in [3.05, 3.63) is 0 Å². The van der Waals surface area contributed by atoms with Crippen LogP contribution >= 0.6 is 0 Å². The summed E-state index contributed by atoms with van der Waals surface area (Å²) in [6, 6.07) is -0.891. The van der Waals surface area contributed by atoms with E-state index in [9.17, 15) is 19.8 Å². The van der Waals surface area contributed by atoms with Gasteiger partial charge in [-0.1, -0.05) is 40.5 Å². The number of carbonyl (C=O) groups is 2. The number of nitrogens with zero attached hydrogens (tertiary/aromatic N) is 1. The van der Waals surface area contributed by atoms with Crippen molar-refractivity contribution in [2.75, 3.05) is 13.2 Å². The van der Waals surface area contributed by atoms with Gasteiger partial charge in [-0.15, -0.1) is 0 Å². The Morgan fingerprint density at radius 3 is 1.65 bits per heavy atom. The number of aliphatic hydroxyl groups excluding tert-OH is 2. The van der Waals surface area contributed by atoms with Crippen LogP contribution in [0.3, 0.4) is 0 Å². The molecule has 6 heteroatoms. The largest absolute Gasteiger partial charge is 0.394 e. The third-order valence-electron chi connectivity index (χ3n) is 5.20. The molecule has 1 fully saturated rings. The summed E-state index contributed by atoms with van der Waals surface area (Å²) in [6.45, 7) is 7.26. The highest BCUT2D eigenvalue weighted by Crippen LogP contribution is 2.41. The molecule has 4 N–H and O–H groups in total. The van der Waals surface area contributed by atoms with Crippen LogP contribution in [0.4, 0.5) is 0 Å². The number of amides is 2. The van der Waals surface area contributed by atoms with Crippen molar-refractivity contribution in [1.82, 2.24) is 4.90 Å². The smallest absolute Gasteiger partial charge is 0.238 e. The third-order valence-corrected chi connectivity index (χ3v) is 5.20. The minimum Gasteiger partial charge on any atom is -0.394 e. The van der Waals surface area contributed by atoms with E-state index in [1.54, 1.807) is 4.90 Å². The zero-order chi connectivity index (χ0) is 17.8. The summed E-state index contributed by atoms with van der Waals surface area (Å²) >= 11 is 0. The summed E-state index contributed by atoms with van der Waals surface area (Å²) < 4.78 is 0. The summed E-state index contributed by atoms with van der Waals surface area (Å²) in [5.41, 5.74) is 4.41. The molecule has 0 spiro atoms. The summed E-state index contributed by atoms with van der Waals surface area (Å²) in [7, 11) is 0. The molecule has 1 aliphatic carbocycles. The third kappa shape index (κ3) is 3.86. The summed E-state index contributed by atoms with van der Waals surface area (Å²) in [6.07, 6.45) is 2.48. The predicted molar refractivity (Wildman–Crippen MR) is 88.4 cm³/mol. The van der Waals surface area contributed by atoms with Crippen LogP contribution in [-0.2, 0) is 9.59 Å². The summed E-state index contributed by atoms with van der Waals surface area (Å²) in [5.74, 6) is -0.917. The molecule has 2 unspecified atom stereocenters. The first-order chi connectivity index (χ1) is 10.7. The maximum Gasteiger partial charge on any atom is 0.238 e. The maximum absolute atomic E-state index is 13.3. The number of hydrogen-bond donors (Lipinski definition) is 3. The highest BCUT2D eigenvalue weighted by Gasteiger charge is 2.51. The Labute approximate surface area is 139 Å². The highest BCUT2D eigenvalue weighted by atomic mass is 16.3. The SMILES string of the molecule is CC(C)C(CO)N(C(=O)C1(C(N)=O)CCCC1)C(CO)C(C)C. The number of carbonyl (C=O) groups excluding carboxylic acids is 2. The van der Waals surface area contributed by atoms with E-state index in [4.69, 9.17) is 5.73 Å². The van der Waals surface area contributed by atoms with Crippen molar-refractivity contribution in [1.29, 1.82) is 0 Å². The summed E-state index contributed by atoms with van der Waals surface area (Å²) in [5, 5.41) is 19.6. The van der Waals surface area contributed by atoms with E-state index in [1.807, 2.05) is 27.7 Å². The van der Waals surface area contributed by atoms with E-state index in [0.717, 1.165) is 12.8 Å². The molecular formula is C17H32N2O4. The fourth-order valence-corrected chi connectivity index (χ4v) is 3.58. The fraction of sp³-hybridized carbons (Fsp3) is 0.882. The minimum absolute atomic E-state index is 0.00285. The molecule has 0 heterocycles. The van der Waals surface area contributed by atoms with E-state index < -0.39 is 23.4 Å². The number of primary amides is 1. The van der Waals surface area contributed by atoms with Gasteiger partial charge in [0.15, 0.2) is 0 Å². The lowest BCUT2D eigenvalue weighted by Gasteiger charge is -2.44. The molecule has 23 heavy (non-hydrogen) atoms. The van der Waals surface area contributed by atoms with Gasteiger partial charge in [-0.05, 0) is 24.7 Å². The Morgan fingerprint density at radius 1 is 1.00 bits per heavy atom. The van der Waals surface area contributed by atoms with Crippen molar-refractivity contribution in [2.24, 2.45) is 23.0 Å². The van der Waals surface area contributed by atoms with Crippen molar-refractivity contribution >= 4 is 11.8 Å². The number of hydrogen-bond acceptors (Lipinski definition) is 4. The average Bonchev–Trinajstić information content (AvgIpc) is 2.96. The van der Waals surface area contributed by atoms with Crippen molar-refractivity contribution in [3.8, 4) is 0 Å². The Morgan fingerprint density at radius 2 is 1.39 bits per heavy atom. The van der Waals surface area contributed by atoms with Crippen LogP contribution in [0, 0.1) is 17.3 Å². The van der Waals surface area contributed by atoms with Gasteiger partial charge in [0.25, 0.3) is 0 Å². The fourth-order valence-electron chi connectivity index (χ4n) is 3.58. The molecule has 6 nitrogen and oxygen atoms in total. The topological polar surface area (TPSA) is 104 Å². The number of rotatable bonds is 8. The Kier molecular flexibility index (Phi) is 7.02. The molecule has 0 aromatic carbocycles. The van der Waals surface area contributed by atoms with Crippen molar-refractivity contribution < 1.29 is 19.8 Å². The molecule has 0 aromatic heterocycles. The molecule has 2 amide bonds. The maximum atomic E-state index is 13.3. The quantitative estimate of drug-likeness (QED) is 0.576. The molecule has 1 saturated carbocycles. The first kappa shape index (κ1) is 19.9. The van der Waals surface area contributed by atoms with Gasteiger partial charge in [-0.25, -0.2) is 0 Å². The van der Waals surface area contributed by atoms with Crippen LogP contribution in [0.15, 0.2) is 0 Å². The van der Waals surface area contributed by atoms with Gasteiger partial charge in [0, 0.05) is 0 Å². The van der Waals surface area contributed by atoms with Crippen LogP contribution in [0.5, 0.6) is 0 Å². The molecule has 0 saturated heterocycles. The minimum atomic E-state index is -1.19. The normalized spacial score (nSPS) is 19.8. The van der Waals surface area contributed by atoms with Gasteiger partial charge in [0.1, 0.15) is 5.41 Å². The van der Waals surface area contributed by atoms with Gasteiger partial charge in [0.2, 0.25) is 11.8 Å². The molecular weight excluding hydrogens is 296 g/mol. The average molecular weight is 328 g/mol. The second kappa shape index (κ2) is 8.11. The second-order valence-electron chi connectivity index (χ2n) is 7.35. The van der Waals surface area contributed by atoms with E-state index in [0.29, 0.717) is 12.8 Å². The monoisotopic (exact) mass is 328 g/mol.